The van der Waals surface area contributed by atoms with Gasteiger partial charge in [-0.1, -0.05) is 15.9 Å². The average Bonchev–Trinajstić information content (AvgIpc) is 3.02. The fraction of sp³-hybridized carbons (Fsp3) is 0.0556. The molecular weight excluding hydrogens is 386 g/mol. The summed E-state index contributed by atoms with van der Waals surface area (Å²) in [6, 6.07) is 16.2. The molecule has 0 spiro atoms. The van der Waals surface area contributed by atoms with Gasteiger partial charge < -0.3 is 9.84 Å². The van der Waals surface area contributed by atoms with Gasteiger partial charge in [-0.15, -0.1) is 0 Å². The number of aromatic nitrogens is 2. The molecule has 0 aliphatic rings. The number of rotatable bonds is 4. The van der Waals surface area contributed by atoms with E-state index < -0.39 is 5.97 Å². The lowest BCUT2D eigenvalue weighted by Gasteiger charge is -2.09. The average molecular weight is 398 g/mol. The van der Waals surface area contributed by atoms with Gasteiger partial charge in [0.05, 0.1) is 18.5 Å². The Hall–Kier alpha value is -3.11. The molecular formula is C18H12BrN3O3. The van der Waals surface area contributed by atoms with E-state index in [9.17, 15) is 15.2 Å². The van der Waals surface area contributed by atoms with Gasteiger partial charge in [0.25, 0.3) is 0 Å². The number of ether oxygens (including phenoxy) is 1. The van der Waals surface area contributed by atoms with Crippen molar-refractivity contribution in [2.24, 2.45) is 0 Å². The Morgan fingerprint density at radius 3 is 2.36 bits per heavy atom. The van der Waals surface area contributed by atoms with Gasteiger partial charge in [0.1, 0.15) is 17.4 Å². The topological polar surface area (TPSA) is 88.1 Å². The minimum Gasteiger partial charge on any atom is -0.497 e. The lowest BCUT2D eigenvalue weighted by molar-refractivity contribution is 0.0689. The summed E-state index contributed by atoms with van der Waals surface area (Å²) in [6.07, 6.45) is 0. The molecule has 0 saturated carbocycles. The molecule has 6 nitrogen and oxygen atoms in total. The van der Waals surface area contributed by atoms with Crippen molar-refractivity contribution in [2.45, 2.75) is 0 Å². The Morgan fingerprint density at radius 2 is 1.84 bits per heavy atom. The van der Waals surface area contributed by atoms with Crippen LogP contribution in [0.3, 0.4) is 0 Å². The van der Waals surface area contributed by atoms with Gasteiger partial charge in [-0.25, -0.2) is 9.48 Å². The number of hydrogen-bond donors (Lipinski definition) is 1. The second kappa shape index (κ2) is 6.79. The summed E-state index contributed by atoms with van der Waals surface area (Å²) in [5.41, 5.74) is 1.47. The molecule has 3 rings (SSSR count). The van der Waals surface area contributed by atoms with E-state index >= 15 is 0 Å². The van der Waals surface area contributed by atoms with Crippen molar-refractivity contribution >= 4 is 21.9 Å². The highest BCUT2D eigenvalue weighted by Gasteiger charge is 2.24. The number of aromatic carboxylic acids is 1. The van der Waals surface area contributed by atoms with Crippen molar-refractivity contribution < 1.29 is 14.6 Å². The number of nitrogens with zero attached hydrogens (tertiary/aromatic N) is 3. The Kier molecular flexibility index (Phi) is 4.55. The molecule has 25 heavy (non-hydrogen) atoms. The molecule has 0 saturated heterocycles. The van der Waals surface area contributed by atoms with Crippen LogP contribution in [0.1, 0.15) is 16.1 Å². The number of benzene rings is 2. The van der Waals surface area contributed by atoms with Gasteiger partial charge in [-0.05, 0) is 48.5 Å². The predicted molar refractivity (Wildman–Crippen MR) is 94.9 cm³/mol. The van der Waals surface area contributed by atoms with Crippen LogP contribution in [0.15, 0.2) is 53.0 Å². The van der Waals surface area contributed by atoms with Crippen LogP contribution in [0.5, 0.6) is 5.75 Å². The summed E-state index contributed by atoms with van der Waals surface area (Å²) in [4.78, 5) is 11.5. The van der Waals surface area contributed by atoms with Gasteiger partial charge >= 0.3 is 5.97 Å². The largest absolute Gasteiger partial charge is 0.497 e. The number of carbonyl (C=O) groups is 1. The van der Waals surface area contributed by atoms with Crippen molar-refractivity contribution in [1.82, 2.24) is 9.78 Å². The summed E-state index contributed by atoms with van der Waals surface area (Å²) in [5.74, 6) is -0.586. The quantitative estimate of drug-likeness (QED) is 0.721. The summed E-state index contributed by atoms with van der Waals surface area (Å²) in [5, 5.41) is 23.1. The van der Waals surface area contributed by atoms with Crippen LogP contribution in [-0.2, 0) is 0 Å². The number of carboxylic acids is 1. The maximum absolute atomic E-state index is 11.5. The first-order chi connectivity index (χ1) is 12.0. The first-order valence-corrected chi connectivity index (χ1v) is 8.01. The Balaban J connectivity index is 2.28. The van der Waals surface area contributed by atoms with E-state index in [1.54, 1.807) is 43.5 Å². The minimum absolute atomic E-state index is 0.0144. The summed E-state index contributed by atoms with van der Waals surface area (Å²) < 4.78 is 7.50. The van der Waals surface area contributed by atoms with E-state index in [0.717, 1.165) is 4.47 Å². The first kappa shape index (κ1) is 16.7. The molecule has 124 valence electrons. The van der Waals surface area contributed by atoms with Gasteiger partial charge in [0.2, 0.25) is 0 Å². The molecule has 0 bridgehead atoms. The van der Waals surface area contributed by atoms with Crippen molar-refractivity contribution in [3.05, 3.63) is 64.3 Å². The van der Waals surface area contributed by atoms with Crippen LogP contribution in [0.25, 0.3) is 16.9 Å². The van der Waals surface area contributed by atoms with E-state index in [2.05, 4.69) is 21.0 Å². The van der Waals surface area contributed by atoms with E-state index in [1.165, 1.54) is 4.68 Å². The highest BCUT2D eigenvalue weighted by Crippen LogP contribution is 2.30. The molecule has 1 N–H and O–H groups in total. The Morgan fingerprint density at radius 1 is 1.20 bits per heavy atom. The molecule has 0 unspecified atom stereocenters. The number of methoxy groups -OCH3 is 1. The van der Waals surface area contributed by atoms with Crippen LogP contribution in [0, 0.1) is 11.3 Å². The summed E-state index contributed by atoms with van der Waals surface area (Å²) in [7, 11) is 1.56. The summed E-state index contributed by atoms with van der Waals surface area (Å²) >= 11 is 3.36. The van der Waals surface area contributed by atoms with E-state index in [0.29, 0.717) is 22.7 Å². The Labute approximate surface area is 152 Å². The molecule has 0 aliphatic carbocycles. The smallest absolute Gasteiger partial charge is 0.357 e. The number of carboxylic acid groups (broad SMARTS) is 1. The minimum atomic E-state index is -1.25. The van der Waals surface area contributed by atoms with Crippen LogP contribution in [-0.4, -0.2) is 28.0 Å². The maximum Gasteiger partial charge on any atom is 0.357 e. The highest BCUT2D eigenvalue weighted by atomic mass is 79.9. The zero-order valence-corrected chi connectivity index (χ0v) is 14.7. The molecule has 3 aromatic rings. The van der Waals surface area contributed by atoms with Crippen molar-refractivity contribution in [2.75, 3.05) is 7.11 Å². The first-order valence-electron chi connectivity index (χ1n) is 7.22. The Bertz CT molecular complexity index is 971. The highest BCUT2D eigenvalue weighted by molar-refractivity contribution is 9.10. The van der Waals surface area contributed by atoms with Crippen LogP contribution >= 0.6 is 15.9 Å². The second-order valence-electron chi connectivity index (χ2n) is 5.11. The third kappa shape index (κ3) is 3.12. The zero-order chi connectivity index (χ0) is 18.0. The molecule has 0 radical (unpaired) electrons. The van der Waals surface area contributed by atoms with E-state index in [-0.39, 0.29) is 11.3 Å². The SMILES string of the molecule is COc1ccc(-c2c(C#N)c(C(=O)O)nn2-c2ccc(Br)cc2)cc1. The third-order valence-corrected chi connectivity index (χ3v) is 4.16. The zero-order valence-electron chi connectivity index (χ0n) is 13.1. The van der Waals surface area contributed by atoms with Gasteiger partial charge in [-0.3, -0.25) is 0 Å². The predicted octanol–water partition coefficient (Wildman–Crippen LogP) is 3.88. The van der Waals surface area contributed by atoms with Gasteiger partial charge in [-0.2, -0.15) is 10.4 Å². The van der Waals surface area contributed by atoms with Crippen molar-refractivity contribution in [3.8, 4) is 28.8 Å². The molecule has 0 atom stereocenters. The molecule has 1 aromatic heterocycles. The van der Waals surface area contributed by atoms with E-state index in [4.69, 9.17) is 4.74 Å². The third-order valence-electron chi connectivity index (χ3n) is 3.63. The molecule has 2 aromatic carbocycles. The lowest BCUT2D eigenvalue weighted by Crippen LogP contribution is -2.02. The molecule has 7 heteroatoms. The number of hydrogen-bond acceptors (Lipinski definition) is 4. The molecule has 1 heterocycles. The van der Waals surface area contributed by atoms with E-state index in [1.807, 2.05) is 18.2 Å². The normalized spacial score (nSPS) is 10.3. The standard InChI is InChI=1S/C18H12BrN3O3/c1-25-14-8-2-11(3-9-14)17-15(10-20)16(18(23)24)21-22(17)13-6-4-12(19)5-7-13/h2-9H,1H3,(H,23,24). The fourth-order valence-electron chi connectivity index (χ4n) is 2.46. The van der Waals surface area contributed by atoms with Crippen LogP contribution in [0.4, 0.5) is 0 Å². The molecule has 0 fully saturated rings. The van der Waals surface area contributed by atoms with Crippen molar-refractivity contribution in [1.29, 1.82) is 5.26 Å². The number of halogens is 1. The van der Waals surface area contributed by atoms with Crippen molar-refractivity contribution in [3.63, 3.8) is 0 Å². The van der Waals surface area contributed by atoms with Gasteiger partial charge in [0.15, 0.2) is 5.69 Å². The monoisotopic (exact) mass is 397 g/mol. The fourth-order valence-corrected chi connectivity index (χ4v) is 2.72. The molecule has 0 amide bonds. The van der Waals surface area contributed by atoms with Gasteiger partial charge in [0, 0.05) is 10.0 Å². The summed E-state index contributed by atoms with van der Waals surface area (Å²) in [6.45, 7) is 0. The van der Waals surface area contributed by atoms with Crippen LogP contribution in [0.2, 0.25) is 0 Å². The number of nitriles is 1. The maximum atomic E-state index is 11.5. The second-order valence-corrected chi connectivity index (χ2v) is 6.02. The lowest BCUT2D eigenvalue weighted by atomic mass is 10.1. The van der Waals surface area contributed by atoms with Crippen LogP contribution < -0.4 is 4.74 Å². The molecule has 0 aliphatic heterocycles.